The van der Waals surface area contributed by atoms with Gasteiger partial charge in [-0.05, 0) is 10.4 Å². The minimum atomic E-state index is -4.54. The number of nitrogens with zero attached hydrogens (tertiary/aromatic N) is 5. The maximum atomic E-state index is 11.4. The molecule has 1 saturated heterocycles. The van der Waals surface area contributed by atoms with Gasteiger partial charge >= 0.3 is 39.9 Å². The summed E-state index contributed by atoms with van der Waals surface area (Å²) in [6.07, 6.45) is 1.21. The fourth-order valence-electron chi connectivity index (χ4n) is 1.35. The molecule has 0 radical (unpaired) electrons. The van der Waals surface area contributed by atoms with Gasteiger partial charge in [0.1, 0.15) is 18.9 Å². The molecule has 13 heteroatoms. The van der Waals surface area contributed by atoms with E-state index in [1.165, 1.54) is 6.33 Å². The van der Waals surface area contributed by atoms with E-state index >= 15 is 0 Å². The number of β-lactam (4-membered cyclic amide) rings is 1. The molecule has 2 rings (SSSR count). The van der Waals surface area contributed by atoms with E-state index in [0.717, 1.165) is 4.68 Å². The van der Waals surface area contributed by atoms with E-state index in [1.54, 1.807) is 0 Å². The first-order chi connectivity index (χ1) is 8.38. The number of amides is 2. The first-order valence-electron chi connectivity index (χ1n) is 4.67. The van der Waals surface area contributed by atoms with Crippen molar-refractivity contribution in [2.45, 2.75) is 12.6 Å². The van der Waals surface area contributed by atoms with Crippen LogP contribution in [0.5, 0.6) is 0 Å². The average Bonchev–Trinajstić information content (AvgIpc) is 2.74. The van der Waals surface area contributed by atoms with E-state index in [9.17, 15) is 18.0 Å². The Labute approximate surface area is 131 Å². The zero-order valence-corrected chi connectivity index (χ0v) is 12.6. The van der Waals surface area contributed by atoms with Gasteiger partial charge in [0.15, 0.2) is 0 Å². The van der Waals surface area contributed by atoms with Gasteiger partial charge in [-0.15, -0.1) is 5.10 Å². The third-order valence-corrected chi connectivity index (χ3v) is 3.09. The van der Waals surface area contributed by atoms with Crippen LogP contribution in [0.4, 0.5) is 0 Å². The smallest absolute Gasteiger partial charge is 1.00 e. The summed E-state index contributed by atoms with van der Waals surface area (Å²) in [6, 6.07) is -0.962. The number of carbonyl (C=O) groups excluding carboxylic acids is 2. The summed E-state index contributed by atoms with van der Waals surface area (Å²) in [5.74, 6) is -1.43. The maximum absolute atomic E-state index is 11.4. The molecule has 0 aliphatic carbocycles. The molecular weight excluding hydrogens is 291 g/mol. The van der Waals surface area contributed by atoms with Crippen LogP contribution in [-0.2, 0) is 26.4 Å². The normalized spacial score (nSPS) is 18.5. The second-order valence-corrected chi connectivity index (χ2v) is 4.81. The van der Waals surface area contributed by atoms with Gasteiger partial charge < -0.3 is 6.74 Å². The molecule has 0 bridgehead atoms. The Bertz CT molecular complexity index is 579. The Morgan fingerprint density at radius 2 is 2.32 bits per heavy atom. The topological polar surface area (TPSA) is 147 Å². The molecule has 1 atom stereocenters. The van der Waals surface area contributed by atoms with Crippen LogP contribution in [0.25, 0.3) is 0 Å². The molecule has 1 fully saturated rings. The van der Waals surface area contributed by atoms with Gasteiger partial charge in [0, 0.05) is 0 Å². The van der Waals surface area contributed by atoms with Crippen molar-refractivity contribution in [3.05, 3.63) is 6.33 Å². The SMILES string of the molecule is O=C(Cn1cnnn1)NC1CN(S(=O)(=O)O)C1=O.[H-].[Na+]. The van der Waals surface area contributed by atoms with E-state index in [-0.39, 0.29) is 48.4 Å². The predicted molar refractivity (Wildman–Crippen MR) is 54.1 cm³/mol. The summed E-state index contributed by atoms with van der Waals surface area (Å²) >= 11 is 0. The Morgan fingerprint density at radius 1 is 1.63 bits per heavy atom. The molecule has 1 aromatic heterocycles. The zero-order valence-electron chi connectivity index (χ0n) is 10.8. The summed E-state index contributed by atoms with van der Waals surface area (Å²) in [5.41, 5.74) is 0. The van der Waals surface area contributed by atoms with Gasteiger partial charge in [0.05, 0.1) is 6.54 Å². The largest absolute Gasteiger partial charge is 1.00 e. The summed E-state index contributed by atoms with van der Waals surface area (Å²) < 4.78 is 31.3. The van der Waals surface area contributed by atoms with E-state index in [0.29, 0.717) is 0 Å². The van der Waals surface area contributed by atoms with Crippen LogP contribution in [-0.4, -0.2) is 61.9 Å². The zero-order chi connectivity index (χ0) is 13.3. The fraction of sp³-hybridized carbons (Fsp3) is 0.500. The number of carbonyl (C=O) groups is 2. The summed E-state index contributed by atoms with van der Waals surface area (Å²) in [5, 5.41) is 12.4. The molecule has 0 aromatic carbocycles. The van der Waals surface area contributed by atoms with E-state index in [1.807, 2.05) is 0 Å². The van der Waals surface area contributed by atoms with E-state index < -0.39 is 28.2 Å². The van der Waals surface area contributed by atoms with Crippen molar-refractivity contribution in [1.82, 2.24) is 29.8 Å². The molecule has 1 aromatic rings. The minimum Gasteiger partial charge on any atom is -1.00 e. The van der Waals surface area contributed by atoms with Crippen molar-refractivity contribution in [3.8, 4) is 0 Å². The summed E-state index contributed by atoms with van der Waals surface area (Å²) in [7, 11) is -4.54. The van der Waals surface area contributed by atoms with Crippen LogP contribution in [0.1, 0.15) is 1.43 Å². The molecule has 1 aliphatic rings. The van der Waals surface area contributed by atoms with Crippen LogP contribution in [0.15, 0.2) is 6.33 Å². The quantitative estimate of drug-likeness (QED) is 0.317. The van der Waals surface area contributed by atoms with E-state index in [2.05, 4.69) is 20.8 Å². The average molecular weight is 300 g/mol. The minimum absolute atomic E-state index is 0. The van der Waals surface area contributed by atoms with Crippen molar-refractivity contribution >= 4 is 22.1 Å². The standard InChI is InChI=1S/C6H8N6O5S.Na.H/c13-5(2-11-3-7-9-10-11)8-4-1-12(6(4)14)18(15,16)17;;/h3-4H,1-2H2,(H,8,13)(H,15,16,17);;/q;+1;-1. The first kappa shape index (κ1) is 16.0. The van der Waals surface area contributed by atoms with Crippen molar-refractivity contribution in [1.29, 1.82) is 0 Å². The maximum Gasteiger partial charge on any atom is 1.00 e. The third-order valence-electron chi connectivity index (χ3n) is 2.20. The number of aromatic nitrogens is 4. The molecule has 100 valence electrons. The molecule has 2 amide bonds. The van der Waals surface area contributed by atoms with Crippen molar-refractivity contribution < 1.29 is 53.5 Å². The molecular formula is C6H9N6NaO5S. The monoisotopic (exact) mass is 300 g/mol. The third kappa shape index (κ3) is 3.70. The molecule has 0 saturated carbocycles. The van der Waals surface area contributed by atoms with Crippen LogP contribution in [0.2, 0.25) is 0 Å². The van der Waals surface area contributed by atoms with Crippen molar-refractivity contribution in [3.63, 3.8) is 0 Å². The van der Waals surface area contributed by atoms with Gasteiger partial charge in [-0.1, -0.05) is 0 Å². The van der Waals surface area contributed by atoms with Crippen LogP contribution >= 0.6 is 0 Å². The van der Waals surface area contributed by atoms with Crippen LogP contribution < -0.4 is 34.9 Å². The fourth-order valence-corrected chi connectivity index (χ4v) is 2.04. The number of rotatable bonds is 4. The van der Waals surface area contributed by atoms with Crippen molar-refractivity contribution in [2.75, 3.05) is 6.54 Å². The van der Waals surface area contributed by atoms with Gasteiger partial charge in [0.2, 0.25) is 5.91 Å². The Kier molecular flexibility index (Phi) is 4.98. The summed E-state index contributed by atoms with van der Waals surface area (Å²) in [6.45, 7) is -0.484. The first-order valence-corrected chi connectivity index (χ1v) is 6.07. The number of hydrogen-bond donors (Lipinski definition) is 2. The summed E-state index contributed by atoms with van der Waals surface area (Å²) in [4.78, 5) is 22.7. The molecule has 2 N–H and O–H groups in total. The van der Waals surface area contributed by atoms with Gasteiger partial charge in [-0.2, -0.15) is 8.42 Å². The Balaban J connectivity index is 0.00000180. The Hall–Kier alpha value is -1.08. The number of nitrogens with one attached hydrogen (secondary N) is 1. The second kappa shape index (κ2) is 5.92. The van der Waals surface area contributed by atoms with Crippen LogP contribution in [0.3, 0.4) is 0 Å². The molecule has 1 aliphatic heterocycles. The number of tetrazole rings is 1. The second-order valence-electron chi connectivity index (χ2n) is 3.47. The van der Waals surface area contributed by atoms with Crippen LogP contribution in [0, 0.1) is 0 Å². The molecule has 1 unspecified atom stereocenters. The predicted octanol–water partition coefficient (Wildman–Crippen LogP) is -6.08. The number of hydrogen-bond acceptors (Lipinski definition) is 7. The molecule has 11 nitrogen and oxygen atoms in total. The van der Waals surface area contributed by atoms with E-state index in [4.69, 9.17) is 4.55 Å². The molecule has 0 spiro atoms. The Morgan fingerprint density at radius 3 is 2.79 bits per heavy atom. The molecule has 19 heavy (non-hydrogen) atoms. The van der Waals surface area contributed by atoms with Gasteiger partial charge in [-0.3, -0.25) is 14.1 Å². The van der Waals surface area contributed by atoms with Crippen molar-refractivity contribution in [2.24, 2.45) is 0 Å². The van der Waals surface area contributed by atoms with Gasteiger partial charge in [0.25, 0.3) is 5.91 Å². The molecule has 2 heterocycles. The van der Waals surface area contributed by atoms with Gasteiger partial charge in [-0.25, -0.2) is 8.99 Å².